The van der Waals surface area contributed by atoms with Crippen molar-refractivity contribution in [3.63, 3.8) is 0 Å². The number of aliphatic hydroxyl groups excluding tert-OH is 1. The molecule has 0 saturated heterocycles. The Balaban J connectivity index is 1.93. The molecule has 0 radical (unpaired) electrons. The van der Waals surface area contributed by atoms with E-state index < -0.39 is 11.8 Å². The highest BCUT2D eigenvalue weighted by Gasteiger charge is 2.37. The van der Waals surface area contributed by atoms with E-state index in [9.17, 15) is 9.90 Å². The smallest absolute Gasteiger partial charge is 0.493 e. The molecule has 6 heteroatoms. The summed E-state index contributed by atoms with van der Waals surface area (Å²) in [4.78, 5) is 12.0. The fourth-order valence-corrected chi connectivity index (χ4v) is 4.76. The summed E-state index contributed by atoms with van der Waals surface area (Å²) in [6.07, 6.45) is 4.92. The predicted octanol–water partition coefficient (Wildman–Crippen LogP) is 5.67. The summed E-state index contributed by atoms with van der Waals surface area (Å²) in [7, 11) is 1.46. The number of nitrogens with zero attached hydrogens (tertiary/aromatic N) is 1. The van der Waals surface area contributed by atoms with Crippen molar-refractivity contribution in [1.29, 1.82) is 0 Å². The third-order valence-corrected chi connectivity index (χ3v) is 6.78. The van der Waals surface area contributed by atoms with Crippen molar-refractivity contribution in [3.8, 4) is 16.9 Å². The van der Waals surface area contributed by atoms with Crippen LogP contribution >= 0.6 is 0 Å². The summed E-state index contributed by atoms with van der Waals surface area (Å²) >= 11 is 0. The van der Waals surface area contributed by atoms with Crippen LogP contribution in [0.1, 0.15) is 62.8 Å². The van der Waals surface area contributed by atoms with Crippen molar-refractivity contribution in [2.75, 3.05) is 7.11 Å². The van der Waals surface area contributed by atoms with Gasteiger partial charge in [-0.25, -0.2) is 4.39 Å². The van der Waals surface area contributed by atoms with Crippen LogP contribution in [-0.2, 0) is 10.8 Å². The monoisotopic (exact) mass is 437 g/mol. The van der Waals surface area contributed by atoms with Crippen molar-refractivity contribution in [3.05, 3.63) is 64.4 Å². The Kier molecular flexibility index (Phi) is 5.15. The maximum atomic E-state index is 15.1. The second kappa shape index (κ2) is 7.47. The van der Waals surface area contributed by atoms with E-state index in [1.54, 1.807) is 0 Å². The quantitative estimate of drug-likeness (QED) is 0.608. The molecule has 2 N–H and O–H groups in total. The highest BCUT2D eigenvalue weighted by molar-refractivity contribution is 5.87. The van der Waals surface area contributed by atoms with Gasteiger partial charge in [0.1, 0.15) is 6.21 Å². The van der Waals surface area contributed by atoms with Crippen LogP contribution in [-0.4, -0.2) is 29.0 Å². The van der Waals surface area contributed by atoms with Crippen molar-refractivity contribution in [1.82, 2.24) is 5.32 Å². The number of benzene rings is 2. The molecule has 5 nitrogen and oxygen atoms in total. The average molecular weight is 438 g/mol. The molecule has 2 aromatic rings. The van der Waals surface area contributed by atoms with Gasteiger partial charge in [0.15, 0.2) is 17.8 Å². The van der Waals surface area contributed by atoms with Crippen LogP contribution in [0.4, 0.5) is 9.18 Å². The van der Waals surface area contributed by atoms with Gasteiger partial charge in [-0.15, -0.1) is 0 Å². The molecule has 1 aliphatic carbocycles. The van der Waals surface area contributed by atoms with E-state index in [4.69, 9.17) is 4.74 Å². The molecule has 2 aliphatic rings. The molecule has 4 rings (SSSR count). The number of amides is 2. The van der Waals surface area contributed by atoms with Crippen molar-refractivity contribution < 1.29 is 23.6 Å². The number of halogens is 1. The van der Waals surface area contributed by atoms with E-state index >= 15 is 4.39 Å². The van der Waals surface area contributed by atoms with Gasteiger partial charge >= 0.3 is 11.9 Å². The lowest BCUT2D eigenvalue weighted by Gasteiger charge is -2.42. The van der Waals surface area contributed by atoms with E-state index in [1.165, 1.54) is 41.3 Å². The second-order valence-electron chi connectivity index (χ2n) is 10.0. The molecule has 0 bridgehead atoms. The lowest BCUT2D eigenvalue weighted by Crippen LogP contribution is -2.34. The molecule has 32 heavy (non-hydrogen) atoms. The number of ether oxygens (including phenoxy) is 1. The van der Waals surface area contributed by atoms with Gasteiger partial charge in [0, 0.05) is 11.1 Å². The molecule has 0 unspecified atom stereocenters. The molecule has 0 atom stereocenters. The normalized spacial score (nSPS) is 20.0. The molecular weight excluding hydrogens is 407 g/mol. The molecular formula is C26H30FN2O3+. The first-order chi connectivity index (χ1) is 14.9. The number of carbonyl (C=O) groups excluding carboxylic acids is 1. The summed E-state index contributed by atoms with van der Waals surface area (Å²) in [5.41, 5.74) is 5.77. The first-order valence-corrected chi connectivity index (χ1v) is 10.8. The SMILES string of the molecule is COc1c(F)cc(C=[N+]2C=C(O)NC2=O)cc1-c1cc2c(cc1C)C(C)(C)CCC2(C)C. The van der Waals surface area contributed by atoms with Crippen molar-refractivity contribution in [2.45, 2.75) is 58.3 Å². The Labute approximate surface area is 188 Å². The minimum Gasteiger partial charge on any atom is -0.493 e. The van der Waals surface area contributed by atoms with Crippen LogP contribution < -0.4 is 10.1 Å². The lowest BCUT2D eigenvalue weighted by atomic mass is 9.62. The first kappa shape index (κ1) is 22.1. The van der Waals surface area contributed by atoms with Gasteiger partial charge in [-0.1, -0.05) is 33.8 Å². The van der Waals surface area contributed by atoms with Crippen LogP contribution in [0.2, 0.25) is 0 Å². The topological polar surface area (TPSA) is 61.6 Å². The summed E-state index contributed by atoms with van der Waals surface area (Å²) in [6.45, 7) is 11.1. The Morgan fingerprint density at radius 1 is 1.06 bits per heavy atom. The predicted molar refractivity (Wildman–Crippen MR) is 123 cm³/mol. The zero-order valence-electron chi connectivity index (χ0n) is 19.5. The molecule has 2 aromatic carbocycles. The molecule has 1 heterocycles. The van der Waals surface area contributed by atoms with E-state index in [2.05, 4.69) is 45.1 Å². The van der Waals surface area contributed by atoms with Crippen LogP contribution in [0.15, 0.2) is 36.3 Å². The number of carbonyl (C=O) groups is 1. The molecule has 2 amide bonds. The zero-order chi connectivity index (χ0) is 23.4. The third-order valence-electron chi connectivity index (χ3n) is 6.78. The highest BCUT2D eigenvalue weighted by Crippen LogP contribution is 2.48. The van der Waals surface area contributed by atoms with Crippen LogP contribution in [0.25, 0.3) is 11.1 Å². The number of rotatable bonds is 3. The maximum absolute atomic E-state index is 15.1. The molecule has 0 saturated carbocycles. The van der Waals surface area contributed by atoms with Crippen molar-refractivity contribution >= 4 is 12.2 Å². The average Bonchev–Trinajstić information content (AvgIpc) is 3.01. The van der Waals surface area contributed by atoms with E-state index in [0.29, 0.717) is 11.1 Å². The van der Waals surface area contributed by atoms with Crippen molar-refractivity contribution in [2.24, 2.45) is 0 Å². The summed E-state index contributed by atoms with van der Waals surface area (Å²) in [6, 6.07) is 7.04. The first-order valence-electron chi connectivity index (χ1n) is 10.8. The number of nitrogens with one attached hydrogen (secondary N) is 1. The number of aryl methyl sites for hydroxylation is 1. The Morgan fingerprint density at radius 3 is 2.25 bits per heavy atom. The third kappa shape index (κ3) is 3.68. The van der Waals surface area contributed by atoms with Gasteiger partial charge in [-0.2, -0.15) is 14.7 Å². The standard InChI is InChI=1S/C26H29FN2O3/c1-15-9-19-20(26(4,5)8-7-25(19,2)3)12-17(15)18-10-16(11-21(27)23(18)32-6)13-29-14-22(30)28-24(29)31/h9-14H,7-8H2,1-6H3,(H-,28,30,31)/p+1. The highest BCUT2D eigenvalue weighted by atomic mass is 19.1. The minimum atomic E-state index is -0.513. The number of hydrogen-bond acceptors (Lipinski definition) is 3. The van der Waals surface area contributed by atoms with E-state index in [0.717, 1.165) is 24.0 Å². The largest absolute Gasteiger partial charge is 0.503 e. The van der Waals surface area contributed by atoms with Crippen LogP contribution in [0.3, 0.4) is 0 Å². The minimum absolute atomic E-state index is 0.0127. The van der Waals surface area contributed by atoms with Crippen LogP contribution in [0.5, 0.6) is 5.75 Å². The number of aliphatic hydroxyl groups is 1. The van der Waals surface area contributed by atoms with Gasteiger partial charge in [0.2, 0.25) is 0 Å². The molecule has 168 valence electrons. The van der Waals surface area contributed by atoms with E-state index in [1.807, 2.05) is 13.0 Å². The fraction of sp³-hybridized carbons (Fsp3) is 0.385. The lowest BCUT2D eigenvalue weighted by molar-refractivity contribution is -0.336. The molecule has 0 aromatic heterocycles. The number of methoxy groups -OCH3 is 1. The maximum Gasteiger partial charge on any atom is 0.503 e. The molecule has 1 aliphatic heterocycles. The van der Waals surface area contributed by atoms with E-state index in [-0.39, 0.29) is 22.5 Å². The van der Waals surface area contributed by atoms with Gasteiger partial charge in [0.25, 0.3) is 0 Å². The Morgan fingerprint density at radius 2 is 1.69 bits per heavy atom. The number of hydrogen-bond donors (Lipinski definition) is 2. The second-order valence-corrected chi connectivity index (χ2v) is 10.0. The fourth-order valence-electron chi connectivity index (χ4n) is 4.76. The number of urea groups is 1. The summed E-state index contributed by atoms with van der Waals surface area (Å²) in [5.74, 6) is -0.598. The van der Waals surface area contributed by atoms with Gasteiger partial charge in [0.05, 0.1) is 7.11 Å². The molecule has 0 spiro atoms. The van der Waals surface area contributed by atoms with Gasteiger partial charge in [-0.05, 0) is 71.0 Å². The Hall–Kier alpha value is -3.15. The number of fused-ring (bicyclic) bond motifs is 1. The van der Waals surface area contributed by atoms with Crippen LogP contribution in [0, 0.1) is 12.7 Å². The Bertz CT molecular complexity index is 1190. The summed E-state index contributed by atoms with van der Waals surface area (Å²) < 4.78 is 21.7. The van der Waals surface area contributed by atoms with Gasteiger partial charge < -0.3 is 9.84 Å². The molecule has 0 fully saturated rings. The zero-order valence-corrected chi connectivity index (χ0v) is 19.5. The summed E-state index contributed by atoms with van der Waals surface area (Å²) in [5, 5.41) is 11.8. The van der Waals surface area contributed by atoms with Gasteiger partial charge in [-0.3, -0.25) is 0 Å².